The number of nitrogens with one attached hydrogen (secondary N) is 1. The van der Waals surface area contributed by atoms with Crippen molar-refractivity contribution in [2.75, 3.05) is 31.3 Å². The molecule has 0 saturated heterocycles. The van der Waals surface area contributed by atoms with Crippen molar-refractivity contribution in [3.8, 4) is 0 Å². The van der Waals surface area contributed by atoms with Gasteiger partial charge in [0.05, 0.1) is 17.8 Å². The van der Waals surface area contributed by atoms with E-state index in [4.69, 9.17) is 10.8 Å². The van der Waals surface area contributed by atoms with Gasteiger partial charge in [0.25, 0.3) is 0 Å². The van der Waals surface area contributed by atoms with Crippen molar-refractivity contribution in [2.24, 2.45) is 0 Å². The fraction of sp³-hybridized carbons (Fsp3) is 0.300. The third-order valence-electron chi connectivity index (χ3n) is 2.22. The molecule has 1 amide bonds. The first kappa shape index (κ1) is 12.8. The monoisotopic (exact) mass is 238 g/mol. The van der Waals surface area contributed by atoms with E-state index in [1.165, 1.54) is 24.2 Å². The summed E-state index contributed by atoms with van der Waals surface area (Å²) in [5.74, 6) is -1.07. The molecule has 1 rings (SSSR count). The van der Waals surface area contributed by atoms with Crippen LogP contribution in [0.3, 0.4) is 0 Å². The molecule has 92 valence electrons. The molecular formula is C10H14N4O3. The highest BCUT2D eigenvalue weighted by atomic mass is 16.4. The van der Waals surface area contributed by atoms with Crippen LogP contribution in [0, 0.1) is 0 Å². The first-order valence-corrected chi connectivity index (χ1v) is 4.86. The summed E-state index contributed by atoms with van der Waals surface area (Å²) < 4.78 is 0. The second-order valence-corrected chi connectivity index (χ2v) is 3.43. The minimum atomic E-state index is -1.13. The van der Waals surface area contributed by atoms with Crippen LogP contribution in [0.1, 0.15) is 10.4 Å². The Morgan fingerprint density at radius 2 is 2.24 bits per heavy atom. The maximum Gasteiger partial charge on any atom is 0.337 e. The number of hydrogen-bond donors (Lipinski definition) is 3. The van der Waals surface area contributed by atoms with E-state index >= 15 is 0 Å². The predicted octanol–water partition coefficient (Wildman–Crippen LogP) is -0.456. The van der Waals surface area contributed by atoms with Gasteiger partial charge in [0.2, 0.25) is 5.91 Å². The van der Waals surface area contributed by atoms with Crippen LogP contribution < -0.4 is 16.0 Å². The number of pyridine rings is 1. The lowest BCUT2D eigenvalue weighted by molar-refractivity contribution is -0.119. The lowest BCUT2D eigenvalue weighted by Crippen LogP contribution is -2.34. The molecule has 0 saturated carbocycles. The van der Waals surface area contributed by atoms with E-state index in [2.05, 4.69) is 10.3 Å². The van der Waals surface area contributed by atoms with Gasteiger partial charge in [-0.3, -0.25) is 4.79 Å². The number of rotatable bonds is 4. The molecule has 0 aliphatic heterocycles. The highest BCUT2D eigenvalue weighted by Crippen LogP contribution is 2.22. The molecule has 7 heteroatoms. The van der Waals surface area contributed by atoms with Gasteiger partial charge in [-0.1, -0.05) is 0 Å². The van der Waals surface area contributed by atoms with Crippen LogP contribution in [-0.2, 0) is 4.79 Å². The number of aromatic nitrogens is 1. The number of carbonyl (C=O) groups is 2. The number of carbonyl (C=O) groups excluding carboxylic acids is 1. The van der Waals surface area contributed by atoms with E-state index in [-0.39, 0.29) is 29.5 Å². The van der Waals surface area contributed by atoms with Crippen molar-refractivity contribution < 1.29 is 14.7 Å². The van der Waals surface area contributed by atoms with Gasteiger partial charge in [0.1, 0.15) is 0 Å². The number of likely N-dealkylation sites (N-methyl/N-ethyl adjacent to an activating group) is 2. The minimum Gasteiger partial charge on any atom is -0.478 e. The highest BCUT2D eigenvalue weighted by molar-refractivity contribution is 5.96. The average Bonchev–Trinajstić information content (AvgIpc) is 2.28. The number of hydrogen-bond acceptors (Lipinski definition) is 5. The molecule has 0 spiro atoms. The summed E-state index contributed by atoms with van der Waals surface area (Å²) in [4.78, 5) is 27.5. The van der Waals surface area contributed by atoms with Gasteiger partial charge in [0, 0.05) is 20.3 Å². The summed E-state index contributed by atoms with van der Waals surface area (Å²) in [7, 11) is 3.13. The van der Waals surface area contributed by atoms with Gasteiger partial charge >= 0.3 is 5.97 Å². The van der Waals surface area contributed by atoms with Crippen molar-refractivity contribution in [1.82, 2.24) is 10.3 Å². The fourth-order valence-corrected chi connectivity index (χ4v) is 1.32. The first-order chi connectivity index (χ1) is 7.97. The standard InChI is InChI=1S/C10H14N4O3/c1-12-7(15)5-14(2)9-8(11)6(10(16)17)3-4-13-9/h3-4H,5,11H2,1-2H3,(H,12,15)(H,16,17). The van der Waals surface area contributed by atoms with E-state index in [1.807, 2.05) is 0 Å². The van der Waals surface area contributed by atoms with Gasteiger partial charge < -0.3 is 21.1 Å². The summed E-state index contributed by atoms with van der Waals surface area (Å²) in [5.41, 5.74) is 5.70. The molecule has 1 heterocycles. The van der Waals surface area contributed by atoms with Crippen molar-refractivity contribution in [3.05, 3.63) is 17.8 Å². The molecule has 0 aliphatic rings. The normalized spacial score (nSPS) is 9.76. The molecule has 7 nitrogen and oxygen atoms in total. The average molecular weight is 238 g/mol. The fourth-order valence-electron chi connectivity index (χ4n) is 1.32. The quantitative estimate of drug-likeness (QED) is 0.655. The molecule has 0 fully saturated rings. The number of aromatic carboxylic acids is 1. The smallest absolute Gasteiger partial charge is 0.337 e. The molecule has 0 aliphatic carbocycles. The number of nitrogens with two attached hydrogens (primary N) is 1. The maximum absolute atomic E-state index is 11.2. The Bertz CT molecular complexity index is 447. The van der Waals surface area contributed by atoms with Gasteiger partial charge in [-0.05, 0) is 6.07 Å². The first-order valence-electron chi connectivity index (χ1n) is 4.86. The SMILES string of the molecule is CNC(=O)CN(C)c1nccc(C(=O)O)c1N. The number of nitrogens with zero attached hydrogens (tertiary/aromatic N) is 2. The van der Waals surface area contributed by atoms with E-state index in [0.717, 1.165) is 0 Å². The summed E-state index contributed by atoms with van der Waals surface area (Å²) in [6, 6.07) is 1.31. The van der Waals surface area contributed by atoms with Gasteiger partial charge in [0.15, 0.2) is 5.82 Å². The number of amides is 1. The zero-order valence-corrected chi connectivity index (χ0v) is 9.60. The molecule has 0 aromatic carbocycles. The predicted molar refractivity (Wildman–Crippen MR) is 62.9 cm³/mol. The molecule has 0 atom stereocenters. The summed E-state index contributed by atoms with van der Waals surface area (Å²) in [5, 5.41) is 11.4. The van der Waals surface area contributed by atoms with Crippen LogP contribution in [0.2, 0.25) is 0 Å². The van der Waals surface area contributed by atoms with Crippen LogP contribution >= 0.6 is 0 Å². The van der Waals surface area contributed by atoms with Gasteiger partial charge in [-0.15, -0.1) is 0 Å². The molecule has 0 radical (unpaired) electrons. The summed E-state index contributed by atoms with van der Waals surface area (Å²) >= 11 is 0. The van der Waals surface area contributed by atoms with Gasteiger partial charge in [-0.2, -0.15) is 0 Å². The Hall–Kier alpha value is -2.31. The molecule has 17 heavy (non-hydrogen) atoms. The van der Waals surface area contributed by atoms with E-state index < -0.39 is 5.97 Å². The minimum absolute atomic E-state index is 0.0289. The Morgan fingerprint density at radius 1 is 1.59 bits per heavy atom. The number of carboxylic acids is 1. The molecular weight excluding hydrogens is 224 g/mol. The summed E-state index contributed by atoms with van der Waals surface area (Å²) in [6.45, 7) is 0.0524. The van der Waals surface area contributed by atoms with Crippen molar-refractivity contribution >= 4 is 23.4 Å². The Kier molecular flexibility index (Phi) is 3.86. The van der Waals surface area contributed by atoms with E-state index in [9.17, 15) is 9.59 Å². The zero-order valence-electron chi connectivity index (χ0n) is 9.60. The topological polar surface area (TPSA) is 109 Å². The van der Waals surface area contributed by atoms with Crippen LogP contribution in [0.25, 0.3) is 0 Å². The van der Waals surface area contributed by atoms with Crippen LogP contribution in [0.5, 0.6) is 0 Å². The molecule has 4 N–H and O–H groups in total. The Balaban J connectivity index is 3.02. The second-order valence-electron chi connectivity index (χ2n) is 3.43. The maximum atomic E-state index is 11.2. The number of nitrogen functional groups attached to an aromatic ring is 1. The van der Waals surface area contributed by atoms with Crippen LogP contribution in [0.4, 0.5) is 11.5 Å². The largest absolute Gasteiger partial charge is 0.478 e. The van der Waals surface area contributed by atoms with Crippen molar-refractivity contribution in [1.29, 1.82) is 0 Å². The van der Waals surface area contributed by atoms with Crippen LogP contribution in [0.15, 0.2) is 12.3 Å². The molecule has 1 aromatic heterocycles. The number of anilines is 2. The Labute approximate surface area is 98.2 Å². The lowest BCUT2D eigenvalue weighted by atomic mass is 10.2. The molecule has 0 bridgehead atoms. The highest BCUT2D eigenvalue weighted by Gasteiger charge is 2.16. The van der Waals surface area contributed by atoms with Crippen molar-refractivity contribution in [3.63, 3.8) is 0 Å². The van der Waals surface area contributed by atoms with Crippen LogP contribution in [-0.4, -0.2) is 42.6 Å². The van der Waals surface area contributed by atoms with Crippen molar-refractivity contribution in [2.45, 2.75) is 0 Å². The second kappa shape index (κ2) is 5.15. The Morgan fingerprint density at radius 3 is 2.76 bits per heavy atom. The summed E-state index contributed by atoms with van der Waals surface area (Å²) in [6.07, 6.45) is 1.34. The lowest BCUT2D eigenvalue weighted by Gasteiger charge is -2.19. The number of carboxylic acid groups (broad SMARTS) is 1. The third kappa shape index (κ3) is 2.83. The zero-order chi connectivity index (χ0) is 13.0. The van der Waals surface area contributed by atoms with E-state index in [0.29, 0.717) is 0 Å². The van der Waals surface area contributed by atoms with Gasteiger partial charge in [-0.25, -0.2) is 9.78 Å². The molecule has 1 aromatic rings. The third-order valence-corrected chi connectivity index (χ3v) is 2.22. The van der Waals surface area contributed by atoms with E-state index in [1.54, 1.807) is 7.05 Å². The molecule has 0 unspecified atom stereocenters.